The van der Waals surface area contributed by atoms with Gasteiger partial charge in [0.25, 0.3) is 0 Å². The Bertz CT molecular complexity index is 1000. The van der Waals surface area contributed by atoms with E-state index in [1.807, 2.05) is 12.1 Å². The molecule has 3 aromatic rings. The molecule has 0 amide bonds. The number of hydrogen-bond acceptors (Lipinski definition) is 2. The molecule has 118 valence electrons. The van der Waals surface area contributed by atoms with Gasteiger partial charge in [-0.25, -0.2) is 12.8 Å². The first-order valence-corrected chi connectivity index (χ1v) is 9.55. The van der Waals surface area contributed by atoms with Crippen molar-refractivity contribution < 1.29 is 12.8 Å². The van der Waals surface area contributed by atoms with E-state index >= 15 is 0 Å². The second-order valence-corrected chi connectivity index (χ2v) is 8.33. The topological polar surface area (TPSA) is 34.1 Å². The van der Waals surface area contributed by atoms with Crippen LogP contribution < -0.4 is 0 Å². The third-order valence-corrected chi connectivity index (χ3v) is 6.17. The van der Waals surface area contributed by atoms with Crippen LogP contribution in [0.25, 0.3) is 10.8 Å². The van der Waals surface area contributed by atoms with Crippen LogP contribution >= 0.6 is 27.5 Å². The number of fused-ring (bicyclic) bond motifs is 1. The molecule has 0 fully saturated rings. The van der Waals surface area contributed by atoms with Crippen molar-refractivity contribution in [1.82, 2.24) is 0 Å². The maximum Gasteiger partial charge on any atom is 0.183 e. The van der Waals surface area contributed by atoms with E-state index in [0.717, 1.165) is 15.9 Å². The highest BCUT2D eigenvalue weighted by molar-refractivity contribution is 9.10. The van der Waals surface area contributed by atoms with Crippen LogP contribution in [0.2, 0.25) is 5.02 Å². The Hall–Kier alpha value is -1.43. The summed E-state index contributed by atoms with van der Waals surface area (Å²) in [6, 6.07) is 14.4. The van der Waals surface area contributed by atoms with Crippen LogP contribution in [0, 0.1) is 5.82 Å². The minimum atomic E-state index is -3.70. The molecule has 0 aliphatic carbocycles. The fourth-order valence-electron chi connectivity index (χ4n) is 2.43. The van der Waals surface area contributed by atoms with Crippen LogP contribution in [-0.2, 0) is 15.6 Å². The highest BCUT2D eigenvalue weighted by Gasteiger charge is 2.21. The molecule has 0 aromatic heterocycles. The zero-order chi connectivity index (χ0) is 16.6. The molecule has 0 unspecified atom stereocenters. The molecule has 3 rings (SSSR count). The molecule has 0 atom stereocenters. The Morgan fingerprint density at radius 1 is 1.00 bits per heavy atom. The SMILES string of the molecule is O=S(=O)(Cc1ccc(Cl)cc1F)c1ccc(Br)c2ccccc12. The third kappa shape index (κ3) is 3.27. The van der Waals surface area contributed by atoms with Gasteiger partial charge in [0.15, 0.2) is 9.84 Å². The summed E-state index contributed by atoms with van der Waals surface area (Å²) in [5.41, 5.74) is 0.0985. The number of sulfone groups is 1. The molecular formula is C17H11BrClFO2S. The average molecular weight is 414 g/mol. The standard InChI is InChI=1S/C17H11BrClFO2S/c18-15-7-8-17(14-4-2-1-3-13(14)15)23(21,22)10-11-5-6-12(19)9-16(11)20/h1-9H,10H2. The molecular weight excluding hydrogens is 403 g/mol. The second-order valence-electron chi connectivity index (χ2n) is 5.09. The van der Waals surface area contributed by atoms with Crippen molar-refractivity contribution in [1.29, 1.82) is 0 Å². The van der Waals surface area contributed by atoms with Crippen LogP contribution in [0.5, 0.6) is 0 Å². The van der Waals surface area contributed by atoms with Gasteiger partial charge in [0.1, 0.15) is 5.82 Å². The molecule has 3 aromatic carbocycles. The summed E-state index contributed by atoms with van der Waals surface area (Å²) in [4.78, 5) is 0.186. The monoisotopic (exact) mass is 412 g/mol. The van der Waals surface area contributed by atoms with E-state index in [-0.39, 0.29) is 15.5 Å². The van der Waals surface area contributed by atoms with Gasteiger partial charge in [-0.05, 0) is 29.7 Å². The highest BCUT2D eigenvalue weighted by atomic mass is 79.9. The molecule has 6 heteroatoms. The van der Waals surface area contributed by atoms with Gasteiger partial charge in [0.05, 0.1) is 10.6 Å². The lowest BCUT2D eigenvalue weighted by Crippen LogP contribution is -2.07. The predicted molar refractivity (Wildman–Crippen MR) is 93.9 cm³/mol. The Kier molecular flexibility index (Phi) is 4.45. The fraction of sp³-hybridized carbons (Fsp3) is 0.0588. The summed E-state index contributed by atoms with van der Waals surface area (Å²) in [5, 5.41) is 1.64. The van der Waals surface area contributed by atoms with Crippen molar-refractivity contribution in [2.24, 2.45) is 0 Å². The van der Waals surface area contributed by atoms with E-state index in [4.69, 9.17) is 11.6 Å². The van der Waals surface area contributed by atoms with Crippen LogP contribution in [0.4, 0.5) is 4.39 Å². The van der Waals surface area contributed by atoms with E-state index < -0.39 is 21.4 Å². The van der Waals surface area contributed by atoms with E-state index in [1.165, 1.54) is 18.2 Å². The predicted octanol–water partition coefficient (Wildman–Crippen LogP) is 5.37. The van der Waals surface area contributed by atoms with Crippen LogP contribution in [0.3, 0.4) is 0 Å². The molecule has 0 saturated carbocycles. The Morgan fingerprint density at radius 2 is 1.70 bits per heavy atom. The lowest BCUT2D eigenvalue weighted by Gasteiger charge is -2.10. The van der Waals surface area contributed by atoms with Crippen molar-refractivity contribution in [3.05, 3.63) is 75.5 Å². The van der Waals surface area contributed by atoms with E-state index in [9.17, 15) is 12.8 Å². The van der Waals surface area contributed by atoms with Gasteiger partial charge in [0, 0.05) is 20.4 Å². The summed E-state index contributed by atoms with van der Waals surface area (Å²) in [6.45, 7) is 0. The average Bonchev–Trinajstić information content (AvgIpc) is 2.50. The molecule has 0 spiro atoms. The number of halogens is 3. The quantitative estimate of drug-likeness (QED) is 0.578. The lowest BCUT2D eigenvalue weighted by molar-refractivity contribution is 0.588. The Labute approximate surface area is 146 Å². The Morgan fingerprint density at radius 3 is 2.39 bits per heavy atom. The van der Waals surface area contributed by atoms with Crippen molar-refractivity contribution >= 4 is 48.1 Å². The first kappa shape index (κ1) is 16.4. The van der Waals surface area contributed by atoms with Crippen molar-refractivity contribution in [2.45, 2.75) is 10.6 Å². The van der Waals surface area contributed by atoms with Crippen LogP contribution in [0.15, 0.2) is 64.0 Å². The van der Waals surface area contributed by atoms with Crippen LogP contribution in [-0.4, -0.2) is 8.42 Å². The smallest absolute Gasteiger partial charge is 0.183 e. The Balaban J connectivity index is 2.12. The maximum absolute atomic E-state index is 13.9. The zero-order valence-electron chi connectivity index (χ0n) is 11.8. The normalized spacial score (nSPS) is 11.8. The van der Waals surface area contributed by atoms with E-state index in [1.54, 1.807) is 18.2 Å². The first-order chi connectivity index (χ1) is 10.9. The summed E-state index contributed by atoms with van der Waals surface area (Å²) in [5.74, 6) is -1.04. The zero-order valence-corrected chi connectivity index (χ0v) is 14.9. The molecule has 0 aliphatic rings. The second kappa shape index (κ2) is 6.23. The maximum atomic E-state index is 13.9. The van der Waals surface area contributed by atoms with Gasteiger partial charge in [-0.2, -0.15) is 0 Å². The molecule has 23 heavy (non-hydrogen) atoms. The van der Waals surface area contributed by atoms with Gasteiger partial charge < -0.3 is 0 Å². The summed E-state index contributed by atoms with van der Waals surface area (Å²) in [7, 11) is -3.70. The molecule has 0 N–H and O–H groups in total. The van der Waals surface area contributed by atoms with Gasteiger partial charge in [0.2, 0.25) is 0 Å². The van der Waals surface area contributed by atoms with Gasteiger partial charge >= 0.3 is 0 Å². The van der Waals surface area contributed by atoms with Crippen molar-refractivity contribution in [3.8, 4) is 0 Å². The summed E-state index contributed by atoms with van der Waals surface area (Å²) < 4.78 is 40.2. The number of hydrogen-bond donors (Lipinski definition) is 0. The minimum absolute atomic E-state index is 0.0985. The molecule has 0 bridgehead atoms. The van der Waals surface area contributed by atoms with Crippen LogP contribution in [0.1, 0.15) is 5.56 Å². The third-order valence-electron chi connectivity index (χ3n) is 3.53. The van der Waals surface area contributed by atoms with Crippen molar-refractivity contribution in [3.63, 3.8) is 0 Å². The minimum Gasteiger partial charge on any atom is -0.223 e. The lowest BCUT2D eigenvalue weighted by atomic mass is 10.1. The fourth-order valence-corrected chi connectivity index (χ4v) is 4.65. The molecule has 0 saturated heterocycles. The van der Waals surface area contributed by atoms with Gasteiger partial charge in [-0.3, -0.25) is 0 Å². The molecule has 0 heterocycles. The largest absolute Gasteiger partial charge is 0.223 e. The highest BCUT2D eigenvalue weighted by Crippen LogP contribution is 2.31. The van der Waals surface area contributed by atoms with Crippen molar-refractivity contribution in [2.75, 3.05) is 0 Å². The first-order valence-electron chi connectivity index (χ1n) is 6.72. The number of rotatable bonds is 3. The summed E-state index contributed by atoms with van der Waals surface area (Å²) >= 11 is 9.12. The number of benzene rings is 3. The van der Waals surface area contributed by atoms with E-state index in [0.29, 0.717) is 5.39 Å². The summed E-state index contributed by atoms with van der Waals surface area (Å²) in [6.07, 6.45) is 0. The van der Waals surface area contributed by atoms with E-state index in [2.05, 4.69) is 15.9 Å². The van der Waals surface area contributed by atoms with Gasteiger partial charge in [-0.15, -0.1) is 0 Å². The molecule has 0 aliphatic heterocycles. The molecule has 2 nitrogen and oxygen atoms in total. The van der Waals surface area contributed by atoms with Gasteiger partial charge in [-0.1, -0.05) is 57.9 Å². The molecule has 0 radical (unpaired) electrons.